The molecule has 0 amide bonds. The van der Waals surface area contributed by atoms with Gasteiger partial charge in [0.05, 0.1) is 12.3 Å². The standard InChI is InChI=1S/C17H26FNO/c1-4-20-17-11-14(18)7-10-16(17)19-15-8-5-13(6-9-15)12(2)3/h7,10-13,15,19H,4-6,8-9H2,1-3H3. The molecule has 112 valence electrons. The summed E-state index contributed by atoms with van der Waals surface area (Å²) in [6.07, 6.45) is 4.93. The molecule has 1 N–H and O–H groups in total. The third-order valence-corrected chi connectivity index (χ3v) is 4.32. The molecule has 1 saturated carbocycles. The van der Waals surface area contributed by atoms with Crippen LogP contribution in [0.5, 0.6) is 5.75 Å². The highest BCUT2D eigenvalue weighted by Gasteiger charge is 2.23. The second-order valence-electron chi connectivity index (χ2n) is 6.07. The Kier molecular flexibility index (Phi) is 5.27. The van der Waals surface area contributed by atoms with Crippen molar-refractivity contribution in [2.24, 2.45) is 11.8 Å². The Balaban J connectivity index is 1.97. The van der Waals surface area contributed by atoms with Crippen molar-refractivity contribution in [3.05, 3.63) is 24.0 Å². The maximum absolute atomic E-state index is 13.3. The van der Waals surface area contributed by atoms with Gasteiger partial charge in [0.2, 0.25) is 0 Å². The van der Waals surface area contributed by atoms with E-state index in [-0.39, 0.29) is 5.82 Å². The van der Waals surface area contributed by atoms with Gasteiger partial charge in [-0.3, -0.25) is 0 Å². The van der Waals surface area contributed by atoms with E-state index in [0.29, 0.717) is 18.4 Å². The van der Waals surface area contributed by atoms with Crippen LogP contribution in [0.3, 0.4) is 0 Å². The van der Waals surface area contributed by atoms with Crippen LogP contribution in [-0.4, -0.2) is 12.6 Å². The maximum atomic E-state index is 13.3. The van der Waals surface area contributed by atoms with Crippen LogP contribution >= 0.6 is 0 Å². The van der Waals surface area contributed by atoms with E-state index in [0.717, 1.165) is 17.5 Å². The van der Waals surface area contributed by atoms with Gasteiger partial charge in [-0.1, -0.05) is 13.8 Å². The second-order valence-corrected chi connectivity index (χ2v) is 6.07. The summed E-state index contributed by atoms with van der Waals surface area (Å²) in [6.45, 7) is 7.10. The lowest BCUT2D eigenvalue weighted by Gasteiger charge is -2.32. The summed E-state index contributed by atoms with van der Waals surface area (Å²) in [5.41, 5.74) is 0.918. The molecule has 1 fully saturated rings. The first-order valence-corrected chi connectivity index (χ1v) is 7.79. The smallest absolute Gasteiger partial charge is 0.145 e. The molecule has 1 aliphatic rings. The zero-order valence-electron chi connectivity index (χ0n) is 12.8. The molecule has 0 radical (unpaired) electrons. The number of benzene rings is 1. The molecule has 0 unspecified atom stereocenters. The van der Waals surface area contributed by atoms with Crippen LogP contribution in [0.4, 0.5) is 10.1 Å². The molecule has 0 bridgehead atoms. The van der Waals surface area contributed by atoms with E-state index < -0.39 is 0 Å². The number of ether oxygens (including phenoxy) is 1. The Morgan fingerprint density at radius 1 is 1.25 bits per heavy atom. The Morgan fingerprint density at radius 2 is 1.95 bits per heavy atom. The molecule has 0 atom stereocenters. The van der Waals surface area contributed by atoms with E-state index in [9.17, 15) is 4.39 Å². The fraction of sp³-hybridized carbons (Fsp3) is 0.647. The summed E-state index contributed by atoms with van der Waals surface area (Å²) in [6, 6.07) is 5.22. The SMILES string of the molecule is CCOc1cc(F)ccc1NC1CCC(C(C)C)CC1. The van der Waals surface area contributed by atoms with Gasteiger partial charge in [-0.05, 0) is 56.6 Å². The highest BCUT2D eigenvalue weighted by molar-refractivity contribution is 5.57. The molecule has 0 aliphatic heterocycles. The van der Waals surface area contributed by atoms with Crippen molar-refractivity contribution in [2.45, 2.75) is 52.5 Å². The molecular weight excluding hydrogens is 253 g/mol. The van der Waals surface area contributed by atoms with Crippen molar-refractivity contribution in [3.63, 3.8) is 0 Å². The summed E-state index contributed by atoms with van der Waals surface area (Å²) in [4.78, 5) is 0. The normalized spacial score (nSPS) is 22.9. The fourth-order valence-electron chi connectivity index (χ4n) is 3.04. The van der Waals surface area contributed by atoms with Crippen LogP contribution in [0.2, 0.25) is 0 Å². The van der Waals surface area contributed by atoms with Crippen molar-refractivity contribution in [3.8, 4) is 5.75 Å². The molecule has 1 aromatic rings. The minimum atomic E-state index is -0.248. The zero-order valence-corrected chi connectivity index (χ0v) is 12.8. The minimum Gasteiger partial charge on any atom is -0.492 e. The summed E-state index contributed by atoms with van der Waals surface area (Å²) in [7, 11) is 0. The van der Waals surface area contributed by atoms with Gasteiger partial charge in [-0.25, -0.2) is 4.39 Å². The van der Waals surface area contributed by atoms with Gasteiger partial charge in [0, 0.05) is 12.1 Å². The highest BCUT2D eigenvalue weighted by atomic mass is 19.1. The first kappa shape index (κ1) is 15.1. The monoisotopic (exact) mass is 279 g/mol. The van der Waals surface area contributed by atoms with E-state index in [1.165, 1.54) is 37.8 Å². The minimum absolute atomic E-state index is 0.248. The lowest BCUT2D eigenvalue weighted by atomic mass is 9.79. The third kappa shape index (κ3) is 3.87. The number of hydrogen-bond acceptors (Lipinski definition) is 2. The van der Waals surface area contributed by atoms with Crippen molar-refractivity contribution in [1.29, 1.82) is 0 Å². The number of nitrogens with one attached hydrogen (secondary N) is 1. The molecule has 0 saturated heterocycles. The molecule has 1 aliphatic carbocycles. The van der Waals surface area contributed by atoms with Crippen molar-refractivity contribution >= 4 is 5.69 Å². The van der Waals surface area contributed by atoms with Crippen LogP contribution in [0, 0.1) is 17.7 Å². The molecule has 1 aromatic carbocycles. The third-order valence-electron chi connectivity index (χ3n) is 4.32. The molecule has 0 aromatic heterocycles. The van der Waals surface area contributed by atoms with Gasteiger partial charge in [0.25, 0.3) is 0 Å². The molecule has 3 heteroatoms. The van der Waals surface area contributed by atoms with Crippen molar-refractivity contribution in [2.75, 3.05) is 11.9 Å². The van der Waals surface area contributed by atoms with Crippen LogP contribution in [-0.2, 0) is 0 Å². The van der Waals surface area contributed by atoms with Crippen LogP contribution < -0.4 is 10.1 Å². The zero-order chi connectivity index (χ0) is 14.5. The van der Waals surface area contributed by atoms with Gasteiger partial charge in [0.1, 0.15) is 11.6 Å². The molecule has 0 spiro atoms. The molecule has 0 heterocycles. The van der Waals surface area contributed by atoms with E-state index >= 15 is 0 Å². The predicted octanol–water partition coefficient (Wildman–Crippen LogP) is 4.85. The van der Waals surface area contributed by atoms with E-state index in [4.69, 9.17) is 4.74 Å². The van der Waals surface area contributed by atoms with E-state index in [2.05, 4.69) is 19.2 Å². The number of anilines is 1. The average molecular weight is 279 g/mol. The van der Waals surface area contributed by atoms with Gasteiger partial charge >= 0.3 is 0 Å². The average Bonchev–Trinajstić information content (AvgIpc) is 2.43. The first-order chi connectivity index (χ1) is 9.60. The van der Waals surface area contributed by atoms with Gasteiger partial charge in [-0.15, -0.1) is 0 Å². The Labute approximate surface area is 121 Å². The molecule has 2 rings (SSSR count). The largest absolute Gasteiger partial charge is 0.492 e. The summed E-state index contributed by atoms with van der Waals surface area (Å²) in [5, 5.41) is 3.53. The maximum Gasteiger partial charge on any atom is 0.145 e. The predicted molar refractivity (Wildman–Crippen MR) is 81.8 cm³/mol. The lowest BCUT2D eigenvalue weighted by Crippen LogP contribution is -2.28. The Hall–Kier alpha value is -1.25. The first-order valence-electron chi connectivity index (χ1n) is 7.79. The number of halogens is 1. The summed E-state index contributed by atoms with van der Waals surface area (Å²) >= 11 is 0. The molecule has 20 heavy (non-hydrogen) atoms. The number of rotatable bonds is 5. The second kappa shape index (κ2) is 6.96. The highest BCUT2D eigenvalue weighted by Crippen LogP contribution is 2.33. The summed E-state index contributed by atoms with van der Waals surface area (Å²) in [5.74, 6) is 2.01. The summed E-state index contributed by atoms with van der Waals surface area (Å²) < 4.78 is 18.8. The Morgan fingerprint density at radius 3 is 2.55 bits per heavy atom. The Bertz CT molecular complexity index is 425. The van der Waals surface area contributed by atoms with Crippen molar-refractivity contribution < 1.29 is 9.13 Å². The van der Waals surface area contributed by atoms with E-state index in [1.807, 2.05) is 6.92 Å². The lowest BCUT2D eigenvalue weighted by molar-refractivity contribution is 0.266. The van der Waals surface area contributed by atoms with Crippen molar-refractivity contribution in [1.82, 2.24) is 0 Å². The van der Waals surface area contributed by atoms with Gasteiger partial charge in [-0.2, -0.15) is 0 Å². The van der Waals surface area contributed by atoms with Crippen LogP contribution in [0.1, 0.15) is 46.5 Å². The molecule has 2 nitrogen and oxygen atoms in total. The topological polar surface area (TPSA) is 21.3 Å². The molecular formula is C17H26FNO. The fourth-order valence-corrected chi connectivity index (χ4v) is 3.04. The van der Waals surface area contributed by atoms with Crippen LogP contribution in [0.25, 0.3) is 0 Å². The van der Waals surface area contributed by atoms with Gasteiger partial charge < -0.3 is 10.1 Å². The quantitative estimate of drug-likeness (QED) is 0.831. The van der Waals surface area contributed by atoms with Crippen LogP contribution in [0.15, 0.2) is 18.2 Å². The van der Waals surface area contributed by atoms with E-state index in [1.54, 1.807) is 6.07 Å². The number of hydrogen-bond donors (Lipinski definition) is 1. The van der Waals surface area contributed by atoms with Gasteiger partial charge in [0.15, 0.2) is 0 Å².